The van der Waals surface area contributed by atoms with Gasteiger partial charge in [0.05, 0.1) is 19.6 Å². The molecule has 4 aromatic rings. The summed E-state index contributed by atoms with van der Waals surface area (Å²) in [5.41, 5.74) is 3.32. The average molecular weight is 489 g/mol. The molecule has 0 unspecified atom stereocenters. The van der Waals surface area contributed by atoms with E-state index in [4.69, 9.17) is 9.15 Å². The molecule has 2 N–H and O–H groups in total. The van der Waals surface area contributed by atoms with E-state index in [1.165, 1.54) is 13.4 Å². The fourth-order valence-electron chi connectivity index (χ4n) is 3.89. The van der Waals surface area contributed by atoms with E-state index in [9.17, 15) is 9.59 Å². The van der Waals surface area contributed by atoms with Crippen LogP contribution in [0.25, 0.3) is 33.6 Å². The maximum absolute atomic E-state index is 11.4. The zero-order valence-corrected chi connectivity index (χ0v) is 20.2. The van der Waals surface area contributed by atoms with Gasteiger partial charge < -0.3 is 24.5 Å². The molecule has 0 atom stereocenters. The number of amides is 1. The number of ether oxygens (including phenoxy) is 2. The lowest BCUT2D eigenvalue weighted by atomic mass is 9.99. The van der Waals surface area contributed by atoms with Gasteiger partial charge in [-0.25, -0.2) is 14.8 Å². The molecule has 0 aliphatic heterocycles. The van der Waals surface area contributed by atoms with Gasteiger partial charge in [-0.1, -0.05) is 42.5 Å². The van der Waals surface area contributed by atoms with Crippen molar-refractivity contribution in [1.29, 1.82) is 0 Å². The summed E-state index contributed by atoms with van der Waals surface area (Å²) in [6, 6.07) is 17.7. The molecule has 0 bridgehead atoms. The number of esters is 1. The Morgan fingerprint density at radius 3 is 2.36 bits per heavy atom. The van der Waals surface area contributed by atoms with Crippen molar-refractivity contribution < 1.29 is 23.5 Å². The third-order valence-corrected chi connectivity index (χ3v) is 5.71. The number of nitrogens with zero attached hydrogens (tertiary/aromatic N) is 2. The fraction of sp³-hybridized carbons (Fsp3) is 0.259. The van der Waals surface area contributed by atoms with Gasteiger partial charge in [0, 0.05) is 24.2 Å². The number of anilines is 1. The molecule has 2 aromatic carbocycles. The number of methoxy groups -OCH3 is 2. The number of benzene rings is 2. The molecule has 2 aromatic heterocycles. The molecular formula is C27H28N4O5. The minimum atomic E-state index is -0.882. The molecule has 0 spiro atoms. The molecule has 0 fully saturated rings. The third kappa shape index (κ3) is 5.63. The number of aromatic nitrogens is 2. The van der Waals surface area contributed by atoms with Crippen LogP contribution in [0.15, 0.2) is 65.3 Å². The lowest BCUT2D eigenvalue weighted by Gasteiger charge is -2.09. The average Bonchev–Trinajstić information content (AvgIpc) is 3.33. The van der Waals surface area contributed by atoms with Gasteiger partial charge in [0.2, 0.25) is 5.71 Å². The fourth-order valence-corrected chi connectivity index (χ4v) is 3.89. The highest BCUT2D eigenvalue weighted by Crippen LogP contribution is 2.42. The molecule has 9 heteroatoms. The van der Waals surface area contributed by atoms with Crippen LogP contribution >= 0.6 is 0 Å². The minimum Gasteiger partial charge on any atom is -0.497 e. The summed E-state index contributed by atoms with van der Waals surface area (Å²) < 4.78 is 16.0. The second-order valence-electron chi connectivity index (χ2n) is 8.04. The lowest BCUT2D eigenvalue weighted by molar-refractivity contribution is -0.152. The largest absolute Gasteiger partial charge is 0.497 e. The van der Waals surface area contributed by atoms with E-state index in [1.54, 1.807) is 7.11 Å². The molecule has 0 aliphatic rings. The van der Waals surface area contributed by atoms with Crippen LogP contribution in [0.1, 0.15) is 19.3 Å². The molecule has 9 nitrogen and oxygen atoms in total. The van der Waals surface area contributed by atoms with Crippen molar-refractivity contribution in [3.63, 3.8) is 0 Å². The molecule has 0 saturated carbocycles. The van der Waals surface area contributed by atoms with Crippen LogP contribution in [-0.2, 0) is 14.3 Å². The maximum Gasteiger partial charge on any atom is 0.396 e. The van der Waals surface area contributed by atoms with Crippen molar-refractivity contribution in [1.82, 2.24) is 15.3 Å². The Kier molecular flexibility index (Phi) is 8.12. The van der Waals surface area contributed by atoms with E-state index in [0.29, 0.717) is 24.6 Å². The van der Waals surface area contributed by atoms with E-state index in [2.05, 4.69) is 25.3 Å². The second kappa shape index (κ2) is 11.8. The van der Waals surface area contributed by atoms with Crippen molar-refractivity contribution in [2.45, 2.75) is 19.3 Å². The second-order valence-corrected chi connectivity index (χ2v) is 8.04. The van der Waals surface area contributed by atoms with Crippen LogP contribution in [0.4, 0.5) is 5.82 Å². The first-order valence-electron chi connectivity index (χ1n) is 11.7. The van der Waals surface area contributed by atoms with Crippen molar-refractivity contribution in [2.24, 2.45) is 0 Å². The van der Waals surface area contributed by atoms with Gasteiger partial charge in [-0.3, -0.25) is 4.79 Å². The van der Waals surface area contributed by atoms with Crippen molar-refractivity contribution in [3.05, 3.63) is 60.9 Å². The third-order valence-electron chi connectivity index (χ3n) is 5.71. The molecular weight excluding hydrogens is 460 g/mol. The first-order chi connectivity index (χ1) is 17.6. The van der Waals surface area contributed by atoms with Crippen molar-refractivity contribution >= 4 is 28.8 Å². The summed E-state index contributed by atoms with van der Waals surface area (Å²) in [7, 11) is 2.82. The van der Waals surface area contributed by atoms with Crippen LogP contribution in [-0.4, -0.2) is 49.2 Å². The highest BCUT2D eigenvalue weighted by molar-refractivity contribution is 6.32. The summed E-state index contributed by atoms with van der Waals surface area (Å²) in [5.74, 6) is 0.577. The summed E-state index contributed by atoms with van der Waals surface area (Å²) in [4.78, 5) is 31.5. The van der Waals surface area contributed by atoms with Gasteiger partial charge in [-0.05, 0) is 37.0 Å². The van der Waals surface area contributed by atoms with Crippen LogP contribution in [0.2, 0.25) is 0 Å². The topological polar surface area (TPSA) is 116 Å². The predicted molar refractivity (Wildman–Crippen MR) is 137 cm³/mol. The van der Waals surface area contributed by atoms with E-state index in [-0.39, 0.29) is 0 Å². The van der Waals surface area contributed by atoms with Crippen LogP contribution in [0.3, 0.4) is 0 Å². The van der Waals surface area contributed by atoms with Crippen molar-refractivity contribution in [2.75, 3.05) is 32.6 Å². The summed E-state index contributed by atoms with van der Waals surface area (Å²) >= 11 is 0. The first-order valence-corrected chi connectivity index (χ1v) is 11.7. The van der Waals surface area contributed by atoms with Crippen LogP contribution in [0.5, 0.6) is 5.75 Å². The Balaban J connectivity index is 1.52. The highest BCUT2D eigenvalue weighted by atomic mass is 16.5. The van der Waals surface area contributed by atoms with Gasteiger partial charge in [-0.2, -0.15) is 0 Å². The Hall–Kier alpha value is -4.40. The highest BCUT2D eigenvalue weighted by Gasteiger charge is 2.22. The van der Waals surface area contributed by atoms with Gasteiger partial charge >= 0.3 is 11.9 Å². The van der Waals surface area contributed by atoms with E-state index < -0.39 is 11.9 Å². The molecule has 0 saturated heterocycles. The number of hydrogen-bond acceptors (Lipinski definition) is 8. The standard InChI is InChI=1S/C27H28N4O5/c1-34-20-13-11-18(12-14-20)21-22-24(28-15-7-4-8-16-29-25(32)27(33)35-2)30-17-31-26(22)36-23(21)19-9-5-3-6-10-19/h3,5-6,9-14,17H,4,7-8,15-16H2,1-2H3,(H,29,32)(H,28,30,31). The normalized spacial score (nSPS) is 10.7. The van der Waals surface area contributed by atoms with E-state index >= 15 is 0 Å². The number of unbranched alkanes of at least 4 members (excludes halogenated alkanes) is 2. The number of rotatable bonds is 10. The number of carbonyl (C=O) groups excluding carboxylic acids is 2. The minimum absolute atomic E-state index is 0.412. The molecule has 0 aliphatic carbocycles. The monoisotopic (exact) mass is 488 g/mol. The summed E-state index contributed by atoms with van der Waals surface area (Å²) in [5, 5.41) is 6.77. The molecule has 4 rings (SSSR count). The number of carbonyl (C=O) groups is 2. The van der Waals surface area contributed by atoms with Crippen LogP contribution < -0.4 is 15.4 Å². The quantitative estimate of drug-likeness (QED) is 0.191. The zero-order valence-electron chi connectivity index (χ0n) is 20.2. The molecule has 2 heterocycles. The zero-order chi connectivity index (χ0) is 25.3. The molecule has 186 valence electrons. The number of hydrogen-bond donors (Lipinski definition) is 2. The molecule has 0 radical (unpaired) electrons. The van der Waals surface area contributed by atoms with Gasteiger partial charge in [0.1, 0.15) is 23.7 Å². The van der Waals surface area contributed by atoms with Gasteiger partial charge in [-0.15, -0.1) is 0 Å². The van der Waals surface area contributed by atoms with Crippen molar-refractivity contribution in [3.8, 4) is 28.2 Å². The summed E-state index contributed by atoms with van der Waals surface area (Å²) in [6.07, 6.45) is 3.93. The maximum atomic E-state index is 11.4. The SMILES string of the molecule is COC(=O)C(=O)NCCCCCNc1ncnc2oc(-c3ccccc3)c(-c3ccc(OC)cc3)c12. The Morgan fingerprint density at radius 1 is 0.889 bits per heavy atom. The summed E-state index contributed by atoms with van der Waals surface area (Å²) in [6.45, 7) is 1.08. The molecule has 36 heavy (non-hydrogen) atoms. The Morgan fingerprint density at radius 2 is 1.64 bits per heavy atom. The van der Waals surface area contributed by atoms with Crippen LogP contribution in [0, 0.1) is 0 Å². The smallest absolute Gasteiger partial charge is 0.396 e. The van der Waals surface area contributed by atoms with E-state index in [1.807, 2.05) is 54.6 Å². The predicted octanol–water partition coefficient (Wildman–Crippen LogP) is 4.44. The number of furan rings is 1. The first kappa shape index (κ1) is 24.7. The van der Waals surface area contributed by atoms with Gasteiger partial charge in [0.25, 0.3) is 0 Å². The Bertz CT molecular complexity index is 1320. The lowest BCUT2D eigenvalue weighted by Crippen LogP contribution is -2.32. The number of nitrogens with one attached hydrogen (secondary N) is 2. The molecule has 1 amide bonds. The Labute approximate surface area is 208 Å². The van der Waals surface area contributed by atoms with Gasteiger partial charge in [0.15, 0.2) is 0 Å². The van der Waals surface area contributed by atoms with E-state index in [0.717, 1.165) is 52.8 Å². The number of fused-ring (bicyclic) bond motifs is 1.